The molecule has 2 aromatic heterocycles. The summed E-state index contributed by atoms with van der Waals surface area (Å²) in [6, 6.07) is 14.0. The first-order valence-corrected chi connectivity index (χ1v) is 8.49. The summed E-state index contributed by atoms with van der Waals surface area (Å²) in [4.78, 5) is 11.0. The van der Waals surface area contributed by atoms with E-state index >= 15 is 0 Å². The molecule has 0 atom stereocenters. The Bertz CT molecular complexity index is 767. The fourth-order valence-corrected chi connectivity index (χ4v) is 2.59. The van der Waals surface area contributed by atoms with Crippen LogP contribution in [-0.2, 0) is 6.54 Å². The maximum atomic E-state index is 5.29. The van der Waals surface area contributed by atoms with Gasteiger partial charge in [-0.1, -0.05) is 0 Å². The van der Waals surface area contributed by atoms with Crippen LogP contribution < -0.4 is 15.5 Å². The molecule has 0 aliphatic rings. The molecule has 0 saturated carbocycles. The van der Waals surface area contributed by atoms with Crippen molar-refractivity contribution in [1.29, 1.82) is 0 Å². The highest BCUT2D eigenvalue weighted by atomic mass is 16.3. The van der Waals surface area contributed by atoms with Gasteiger partial charge in [0.05, 0.1) is 12.8 Å². The quantitative estimate of drug-likeness (QED) is 0.640. The van der Waals surface area contributed by atoms with Gasteiger partial charge in [0.2, 0.25) is 5.95 Å². The standard InChI is InChI=1S/C19H23N5O/c1-3-24(4-2)16-9-7-15(8-10-16)22-18-11-12-20-19(23-18)21-14-17-6-5-13-25-17/h5-13H,3-4,14H2,1-2H3,(H2,20,21,22,23). The smallest absolute Gasteiger partial charge is 0.224 e. The van der Waals surface area contributed by atoms with Crippen LogP contribution in [0, 0.1) is 0 Å². The zero-order valence-corrected chi connectivity index (χ0v) is 14.6. The van der Waals surface area contributed by atoms with Gasteiger partial charge in [-0.25, -0.2) is 4.98 Å². The summed E-state index contributed by atoms with van der Waals surface area (Å²) >= 11 is 0. The Balaban J connectivity index is 1.63. The third-order valence-corrected chi connectivity index (χ3v) is 3.92. The van der Waals surface area contributed by atoms with Gasteiger partial charge >= 0.3 is 0 Å². The van der Waals surface area contributed by atoms with Crippen LogP contribution in [0.25, 0.3) is 0 Å². The number of anilines is 4. The van der Waals surface area contributed by atoms with Crippen molar-refractivity contribution in [1.82, 2.24) is 9.97 Å². The minimum atomic E-state index is 0.551. The Morgan fingerprint density at radius 1 is 1.04 bits per heavy atom. The van der Waals surface area contributed by atoms with E-state index in [1.807, 2.05) is 18.2 Å². The van der Waals surface area contributed by atoms with Crippen LogP contribution in [0.1, 0.15) is 19.6 Å². The van der Waals surface area contributed by atoms with Gasteiger partial charge in [0.25, 0.3) is 0 Å². The van der Waals surface area contributed by atoms with Crippen LogP contribution in [0.5, 0.6) is 0 Å². The zero-order chi connectivity index (χ0) is 17.5. The van der Waals surface area contributed by atoms with Crippen LogP contribution in [0.2, 0.25) is 0 Å². The second kappa shape index (κ2) is 8.19. The van der Waals surface area contributed by atoms with Gasteiger partial charge in [0, 0.05) is 30.7 Å². The molecule has 2 N–H and O–H groups in total. The molecule has 0 radical (unpaired) electrons. The van der Waals surface area contributed by atoms with Crippen LogP contribution in [0.15, 0.2) is 59.3 Å². The van der Waals surface area contributed by atoms with E-state index in [0.29, 0.717) is 12.5 Å². The van der Waals surface area contributed by atoms with Crippen molar-refractivity contribution in [2.75, 3.05) is 28.6 Å². The SMILES string of the molecule is CCN(CC)c1ccc(Nc2ccnc(NCc3ccco3)n2)cc1. The lowest BCUT2D eigenvalue weighted by molar-refractivity contribution is 0.517. The van der Waals surface area contributed by atoms with Crippen molar-refractivity contribution in [3.8, 4) is 0 Å². The molecule has 3 rings (SSSR count). The van der Waals surface area contributed by atoms with Crippen LogP contribution >= 0.6 is 0 Å². The first kappa shape index (κ1) is 16.8. The Hall–Kier alpha value is -3.02. The summed E-state index contributed by atoms with van der Waals surface area (Å²) in [7, 11) is 0. The molecule has 2 heterocycles. The monoisotopic (exact) mass is 337 g/mol. The van der Waals surface area contributed by atoms with E-state index in [1.165, 1.54) is 5.69 Å². The van der Waals surface area contributed by atoms with Gasteiger partial charge in [-0.05, 0) is 56.3 Å². The highest BCUT2D eigenvalue weighted by Crippen LogP contribution is 2.20. The van der Waals surface area contributed by atoms with Crippen molar-refractivity contribution in [2.45, 2.75) is 20.4 Å². The summed E-state index contributed by atoms with van der Waals surface area (Å²) in [5.41, 5.74) is 2.21. The number of hydrogen-bond acceptors (Lipinski definition) is 6. The summed E-state index contributed by atoms with van der Waals surface area (Å²) in [5, 5.41) is 6.46. The third-order valence-electron chi connectivity index (χ3n) is 3.92. The molecule has 0 aliphatic heterocycles. The lowest BCUT2D eigenvalue weighted by atomic mass is 10.2. The molecule has 1 aromatic carbocycles. The Labute approximate surface area is 147 Å². The fraction of sp³-hybridized carbons (Fsp3) is 0.263. The highest BCUT2D eigenvalue weighted by molar-refractivity contribution is 5.61. The first-order valence-electron chi connectivity index (χ1n) is 8.49. The number of aromatic nitrogens is 2. The second-order valence-electron chi connectivity index (χ2n) is 5.54. The molecule has 0 fully saturated rings. The molecule has 0 bridgehead atoms. The van der Waals surface area contributed by atoms with E-state index in [2.05, 4.69) is 63.6 Å². The summed E-state index contributed by atoms with van der Waals surface area (Å²) in [6.45, 7) is 6.87. The second-order valence-corrected chi connectivity index (χ2v) is 5.54. The van der Waals surface area contributed by atoms with Crippen LogP contribution in [-0.4, -0.2) is 23.1 Å². The van der Waals surface area contributed by atoms with Crippen molar-refractivity contribution < 1.29 is 4.42 Å². The van der Waals surface area contributed by atoms with Crippen molar-refractivity contribution in [3.05, 3.63) is 60.7 Å². The van der Waals surface area contributed by atoms with Gasteiger partial charge in [-0.2, -0.15) is 4.98 Å². The predicted molar refractivity (Wildman–Crippen MR) is 101 cm³/mol. The maximum absolute atomic E-state index is 5.29. The zero-order valence-electron chi connectivity index (χ0n) is 14.6. The number of rotatable bonds is 8. The molecule has 25 heavy (non-hydrogen) atoms. The summed E-state index contributed by atoms with van der Waals surface area (Å²) < 4.78 is 5.29. The fourth-order valence-electron chi connectivity index (χ4n) is 2.59. The van der Waals surface area contributed by atoms with E-state index in [1.54, 1.807) is 12.5 Å². The average molecular weight is 337 g/mol. The van der Waals surface area contributed by atoms with Crippen LogP contribution in [0.3, 0.4) is 0 Å². The highest BCUT2D eigenvalue weighted by Gasteiger charge is 2.04. The summed E-state index contributed by atoms with van der Waals surface area (Å²) in [5.74, 6) is 2.14. The molecule has 0 amide bonds. The Morgan fingerprint density at radius 2 is 1.84 bits per heavy atom. The molecule has 6 nitrogen and oxygen atoms in total. The molecule has 6 heteroatoms. The predicted octanol–water partition coefficient (Wildman–Crippen LogP) is 4.27. The van der Waals surface area contributed by atoms with Gasteiger partial charge < -0.3 is 20.0 Å². The number of hydrogen-bond donors (Lipinski definition) is 2. The summed E-state index contributed by atoms with van der Waals surface area (Å²) in [6.07, 6.45) is 3.38. The first-order chi connectivity index (χ1) is 12.3. The molecule has 0 saturated heterocycles. The van der Waals surface area contributed by atoms with Gasteiger partial charge in [-0.15, -0.1) is 0 Å². The lowest BCUT2D eigenvalue weighted by Crippen LogP contribution is -2.21. The van der Waals surface area contributed by atoms with Crippen molar-refractivity contribution in [2.24, 2.45) is 0 Å². The van der Waals surface area contributed by atoms with Crippen molar-refractivity contribution in [3.63, 3.8) is 0 Å². The Kier molecular flexibility index (Phi) is 5.51. The van der Waals surface area contributed by atoms with Crippen molar-refractivity contribution >= 4 is 23.1 Å². The molecule has 130 valence electrons. The molecule has 0 unspecified atom stereocenters. The van der Waals surface area contributed by atoms with Gasteiger partial charge in [0.15, 0.2) is 0 Å². The minimum absolute atomic E-state index is 0.551. The number of furan rings is 1. The van der Waals surface area contributed by atoms with E-state index in [9.17, 15) is 0 Å². The number of nitrogens with zero attached hydrogens (tertiary/aromatic N) is 3. The molecular weight excluding hydrogens is 314 g/mol. The molecule has 3 aromatic rings. The normalized spacial score (nSPS) is 10.5. The number of benzene rings is 1. The molecular formula is C19H23N5O. The van der Waals surface area contributed by atoms with E-state index < -0.39 is 0 Å². The Morgan fingerprint density at radius 3 is 2.52 bits per heavy atom. The number of nitrogens with one attached hydrogen (secondary N) is 2. The molecule has 0 spiro atoms. The third kappa shape index (κ3) is 4.50. The lowest BCUT2D eigenvalue weighted by Gasteiger charge is -2.21. The van der Waals surface area contributed by atoms with E-state index in [-0.39, 0.29) is 0 Å². The van der Waals surface area contributed by atoms with Crippen LogP contribution in [0.4, 0.5) is 23.1 Å². The largest absolute Gasteiger partial charge is 0.467 e. The topological polar surface area (TPSA) is 66.2 Å². The maximum Gasteiger partial charge on any atom is 0.224 e. The van der Waals surface area contributed by atoms with Gasteiger partial charge in [-0.3, -0.25) is 0 Å². The van der Waals surface area contributed by atoms with Gasteiger partial charge in [0.1, 0.15) is 11.6 Å². The minimum Gasteiger partial charge on any atom is -0.467 e. The molecule has 0 aliphatic carbocycles. The average Bonchev–Trinajstić information content (AvgIpc) is 3.16. The van der Waals surface area contributed by atoms with E-state index in [4.69, 9.17) is 4.42 Å². The van der Waals surface area contributed by atoms with E-state index in [0.717, 1.165) is 30.4 Å².